The number of aliphatic carboxylic acids is 1. The summed E-state index contributed by atoms with van der Waals surface area (Å²) in [7, 11) is -2.68. The monoisotopic (exact) mass is 335 g/mol. The summed E-state index contributed by atoms with van der Waals surface area (Å²) in [5, 5.41) is 8.26. The van der Waals surface area contributed by atoms with Gasteiger partial charge in [-0.15, -0.1) is 0 Å². The number of hydrogen-bond acceptors (Lipinski definition) is 5. The summed E-state index contributed by atoms with van der Waals surface area (Å²) in [5.74, 6) is -2.45. The molecule has 0 bridgehead atoms. The van der Waals surface area contributed by atoms with Crippen LogP contribution >= 0.6 is 0 Å². The molecule has 8 heteroatoms. The molecule has 3 atom stereocenters. The van der Waals surface area contributed by atoms with Gasteiger partial charge in [0.2, 0.25) is 10.0 Å². The molecule has 1 rings (SSSR count). The van der Waals surface area contributed by atoms with Gasteiger partial charge in [0.25, 0.3) is 0 Å². The van der Waals surface area contributed by atoms with E-state index in [9.17, 15) is 23.1 Å². The van der Waals surface area contributed by atoms with Crippen molar-refractivity contribution in [2.24, 2.45) is 11.8 Å². The predicted octanol–water partition coefficient (Wildman–Crippen LogP) is 1.14. The van der Waals surface area contributed by atoms with Crippen molar-refractivity contribution >= 4 is 22.0 Å². The fourth-order valence-corrected chi connectivity index (χ4v) is 4.77. The van der Waals surface area contributed by atoms with Gasteiger partial charge in [0, 0.05) is 0 Å². The van der Waals surface area contributed by atoms with Crippen molar-refractivity contribution in [1.82, 2.24) is 4.72 Å². The molecule has 128 valence electrons. The third kappa shape index (κ3) is 4.95. The van der Waals surface area contributed by atoms with Crippen LogP contribution in [0.5, 0.6) is 0 Å². The fraction of sp³-hybridized carbons (Fsp3) is 0.857. The van der Waals surface area contributed by atoms with Crippen molar-refractivity contribution in [1.29, 1.82) is 0 Å². The van der Waals surface area contributed by atoms with Crippen molar-refractivity contribution in [3.8, 4) is 0 Å². The Balaban J connectivity index is 2.94. The van der Waals surface area contributed by atoms with Crippen LogP contribution in [0.3, 0.4) is 0 Å². The lowest BCUT2D eigenvalue weighted by atomic mass is 9.89. The maximum atomic E-state index is 12.5. The van der Waals surface area contributed by atoms with Crippen LogP contribution in [0, 0.1) is 11.8 Å². The zero-order chi connectivity index (χ0) is 16.9. The zero-order valence-electron chi connectivity index (χ0n) is 13.2. The first-order valence-electron chi connectivity index (χ1n) is 7.50. The second-order valence-corrected chi connectivity index (χ2v) is 8.07. The van der Waals surface area contributed by atoms with Crippen LogP contribution in [0.25, 0.3) is 0 Å². The van der Waals surface area contributed by atoms with Gasteiger partial charge in [0.05, 0.1) is 18.3 Å². The van der Waals surface area contributed by atoms with E-state index in [2.05, 4.69) is 9.46 Å². The van der Waals surface area contributed by atoms with E-state index in [4.69, 9.17) is 0 Å². The van der Waals surface area contributed by atoms with Crippen LogP contribution in [-0.4, -0.2) is 43.9 Å². The van der Waals surface area contributed by atoms with Gasteiger partial charge in [0.15, 0.2) is 0 Å². The van der Waals surface area contributed by atoms with Crippen LogP contribution in [0.4, 0.5) is 0 Å². The van der Waals surface area contributed by atoms with Crippen LogP contribution in [0.1, 0.15) is 46.0 Å². The number of carboxylic acids is 1. The highest BCUT2D eigenvalue weighted by atomic mass is 32.2. The number of esters is 1. The molecule has 7 nitrogen and oxygen atoms in total. The Hall–Kier alpha value is -1.15. The predicted molar refractivity (Wildman–Crippen MR) is 80.7 cm³/mol. The highest BCUT2D eigenvalue weighted by Gasteiger charge is 2.41. The SMILES string of the molecule is COC(=O)C1CCCCC1S(=O)(=O)N[C@@H](CC(C)C)C(=O)O. The molecule has 0 spiro atoms. The summed E-state index contributed by atoms with van der Waals surface area (Å²) in [4.78, 5) is 23.0. The molecule has 0 heterocycles. The number of ether oxygens (including phenoxy) is 1. The number of nitrogens with one attached hydrogen (secondary N) is 1. The van der Waals surface area contributed by atoms with Crippen LogP contribution in [-0.2, 0) is 24.3 Å². The Morgan fingerprint density at radius 1 is 1.27 bits per heavy atom. The van der Waals surface area contributed by atoms with Crippen molar-refractivity contribution < 1.29 is 27.9 Å². The third-order valence-electron chi connectivity index (χ3n) is 3.92. The maximum Gasteiger partial charge on any atom is 0.321 e. The zero-order valence-corrected chi connectivity index (χ0v) is 14.1. The molecule has 2 unspecified atom stereocenters. The van der Waals surface area contributed by atoms with E-state index in [1.807, 2.05) is 13.8 Å². The lowest BCUT2D eigenvalue weighted by Gasteiger charge is -2.30. The molecule has 1 fully saturated rings. The topological polar surface area (TPSA) is 110 Å². The van der Waals surface area contributed by atoms with E-state index in [0.717, 1.165) is 6.42 Å². The highest BCUT2D eigenvalue weighted by Crippen LogP contribution is 2.30. The minimum atomic E-state index is -3.91. The first kappa shape index (κ1) is 18.9. The molecule has 1 aliphatic carbocycles. The molecule has 2 N–H and O–H groups in total. The fourth-order valence-electron chi connectivity index (χ4n) is 2.85. The Kier molecular flexibility index (Phi) is 6.80. The molecule has 0 aromatic rings. The maximum absolute atomic E-state index is 12.5. The van der Waals surface area contributed by atoms with Crippen molar-refractivity contribution in [2.75, 3.05) is 7.11 Å². The van der Waals surface area contributed by atoms with Crippen LogP contribution in [0.15, 0.2) is 0 Å². The first-order chi connectivity index (χ1) is 10.2. The molecule has 0 aromatic heterocycles. The van der Waals surface area contributed by atoms with Gasteiger partial charge < -0.3 is 9.84 Å². The van der Waals surface area contributed by atoms with Gasteiger partial charge in [0.1, 0.15) is 6.04 Å². The van der Waals surface area contributed by atoms with Crippen molar-refractivity contribution in [3.05, 3.63) is 0 Å². The second-order valence-electron chi connectivity index (χ2n) is 6.14. The number of sulfonamides is 1. The number of carboxylic acid groups (broad SMARTS) is 1. The molecule has 0 aromatic carbocycles. The molecule has 0 radical (unpaired) electrons. The van der Waals surface area contributed by atoms with E-state index < -0.39 is 39.2 Å². The smallest absolute Gasteiger partial charge is 0.321 e. The molecule has 0 saturated heterocycles. The van der Waals surface area contributed by atoms with Gasteiger partial charge in [-0.2, -0.15) is 0 Å². The summed E-state index contributed by atoms with van der Waals surface area (Å²) in [6.45, 7) is 3.64. The average molecular weight is 335 g/mol. The average Bonchev–Trinajstić information content (AvgIpc) is 2.45. The second kappa shape index (κ2) is 7.92. The summed E-state index contributed by atoms with van der Waals surface area (Å²) >= 11 is 0. The molecular weight excluding hydrogens is 310 g/mol. The summed E-state index contributed by atoms with van der Waals surface area (Å²) in [6.07, 6.45) is 2.44. The number of carbonyl (C=O) groups excluding carboxylic acids is 1. The molecule has 1 aliphatic rings. The van der Waals surface area contributed by atoms with Gasteiger partial charge in [-0.25, -0.2) is 13.1 Å². The Labute approximate surface area is 131 Å². The normalized spacial score (nSPS) is 24.0. The van der Waals surface area contributed by atoms with E-state index in [0.29, 0.717) is 19.3 Å². The minimum absolute atomic E-state index is 0.0339. The lowest BCUT2D eigenvalue weighted by Crippen LogP contribution is -2.49. The molecule has 0 aliphatic heterocycles. The van der Waals surface area contributed by atoms with Gasteiger partial charge in [-0.05, 0) is 25.2 Å². The summed E-state index contributed by atoms with van der Waals surface area (Å²) < 4.78 is 32.0. The van der Waals surface area contributed by atoms with E-state index in [1.165, 1.54) is 7.11 Å². The third-order valence-corrected chi connectivity index (χ3v) is 5.89. The lowest BCUT2D eigenvalue weighted by molar-refractivity contribution is -0.146. The quantitative estimate of drug-likeness (QED) is 0.675. The van der Waals surface area contributed by atoms with Gasteiger partial charge in [-0.1, -0.05) is 26.7 Å². The van der Waals surface area contributed by atoms with Crippen molar-refractivity contribution in [2.45, 2.75) is 57.2 Å². The van der Waals surface area contributed by atoms with Crippen LogP contribution in [0.2, 0.25) is 0 Å². The standard InChI is InChI=1S/C14H25NO6S/c1-9(2)8-11(13(16)17)15-22(19,20)12-7-5-4-6-10(12)14(18)21-3/h9-12,15H,4-8H2,1-3H3,(H,16,17)/t10?,11-,12?/m0/s1. The van der Waals surface area contributed by atoms with E-state index in [-0.39, 0.29) is 12.3 Å². The first-order valence-corrected chi connectivity index (χ1v) is 9.05. The Morgan fingerprint density at radius 3 is 2.36 bits per heavy atom. The van der Waals surface area contributed by atoms with Crippen molar-refractivity contribution in [3.63, 3.8) is 0 Å². The van der Waals surface area contributed by atoms with E-state index >= 15 is 0 Å². The summed E-state index contributed by atoms with van der Waals surface area (Å²) in [6, 6.07) is -1.18. The molecule has 1 saturated carbocycles. The molecular formula is C14H25NO6S. The number of hydrogen-bond donors (Lipinski definition) is 2. The summed E-state index contributed by atoms with van der Waals surface area (Å²) in [5.41, 5.74) is 0. The minimum Gasteiger partial charge on any atom is -0.480 e. The number of carbonyl (C=O) groups is 2. The van der Waals surface area contributed by atoms with Crippen LogP contribution < -0.4 is 4.72 Å². The largest absolute Gasteiger partial charge is 0.480 e. The highest BCUT2D eigenvalue weighted by molar-refractivity contribution is 7.90. The number of rotatable bonds is 7. The molecule has 22 heavy (non-hydrogen) atoms. The molecule has 0 amide bonds. The van der Waals surface area contributed by atoms with Gasteiger partial charge in [-0.3, -0.25) is 9.59 Å². The Morgan fingerprint density at radius 2 is 1.86 bits per heavy atom. The van der Waals surface area contributed by atoms with Gasteiger partial charge >= 0.3 is 11.9 Å². The van der Waals surface area contributed by atoms with E-state index in [1.54, 1.807) is 0 Å². The number of methoxy groups -OCH3 is 1. The Bertz CT molecular complexity index is 501.